The minimum absolute atomic E-state index is 0.0857. The second kappa shape index (κ2) is 10.6. The molecule has 2 nitrogen and oxygen atoms in total. The maximum absolute atomic E-state index is 16.5. The number of halogens is 1. The van der Waals surface area contributed by atoms with Crippen LogP contribution in [0.5, 0.6) is 0 Å². The van der Waals surface area contributed by atoms with E-state index in [2.05, 4.69) is 135 Å². The lowest BCUT2D eigenvalue weighted by molar-refractivity contribution is -0.765. The number of rotatable bonds is 6. The first kappa shape index (κ1) is 29.7. The molecule has 0 bridgehead atoms. The Labute approximate surface area is 283 Å². The molecule has 4 aromatic carbocycles. The number of pyridine rings is 2. The number of nitrogens with zero attached hydrogens (tertiary/aromatic N) is 2. The van der Waals surface area contributed by atoms with Crippen molar-refractivity contribution < 1.29 is 13.5 Å². The highest BCUT2D eigenvalue weighted by Crippen LogP contribution is 2.59. The summed E-state index contributed by atoms with van der Waals surface area (Å²) in [5.41, 5.74) is 10.6. The van der Waals surface area contributed by atoms with Gasteiger partial charge in [0.15, 0.2) is 24.5 Å². The van der Waals surface area contributed by atoms with Crippen LogP contribution >= 0.6 is 0 Å². The van der Waals surface area contributed by atoms with Crippen LogP contribution < -0.4 is 9.13 Å². The zero-order valence-corrected chi connectivity index (χ0v) is 28.9. The fraction of sp³-hybridized carbons (Fsp3) is 0.333. The van der Waals surface area contributed by atoms with E-state index in [4.69, 9.17) is 0 Å². The highest BCUT2D eigenvalue weighted by Gasteiger charge is 2.59. The predicted molar refractivity (Wildman–Crippen MR) is 194 cm³/mol. The van der Waals surface area contributed by atoms with Crippen LogP contribution in [0.1, 0.15) is 100.0 Å². The molecule has 0 spiro atoms. The molecule has 0 amide bonds. The number of benzene rings is 4. The number of hydrogen-bond donors (Lipinski definition) is 0. The van der Waals surface area contributed by atoms with Gasteiger partial charge in [-0.25, -0.2) is 4.39 Å². The molecule has 3 aliphatic rings. The monoisotopic (exact) mass is 632 g/mol. The smallest absolute Gasteiger partial charge is 0.207 e. The van der Waals surface area contributed by atoms with Gasteiger partial charge in [-0.2, -0.15) is 9.13 Å². The van der Waals surface area contributed by atoms with Gasteiger partial charge >= 0.3 is 0 Å². The summed E-state index contributed by atoms with van der Waals surface area (Å²) in [6, 6.07) is 31.2. The van der Waals surface area contributed by atoms with E-state index in [1.807, 2.05) is 0 Å². The number of fused-ring (bicyclic) bond motifs is 5. The summed E-state index contributed by atoms with van der Waals surface area (Å²) >= 11 is 0. The van der Waals surface area contributed by atoms with Crippen molar-refractivity contribution in [2.24, 2.45) is 0 Å². The van der Waals surface area contributed by atoms with Gasteiger partial charge < -0.3 is 0 Å². The standard InChI is InChI=1S/C45H45FN2/c1-6-9-14-28-19-21-36-38-30(28)24-26-48-43(38)39-34(20-22-37(46)41(39)44(36,4)5)40(45(48,7-2)8-3)35-27-47-25-23-29-15-10-11-16-31(29)42(47)33-18-13-12-17-32(33)35/h10-13,15-26,35,40H,6-9,14,27H2,1-5H3/q+2. The van der Waals surface area contributed by atoms with Gasteiger partial charge in [0.1, 0.15) is 5.82 Å². The Morgan fingerprint density at radius 1 is 0.771 bits per heavy atom. The van der Waals surface area contributed by atoms with E-state index in [1.165, 1.54) is 73.6 Å². The van der Waals surface area contributed by atoms with Crippen LogP contribution in [0.2, 0.25) is 0 Å². The van der Waals surface area contributed by atoms with E-state index in [9.17, 15) is 0 Å². The maximum Gasteiger partial charge on any atom is 0.221 e. The summed E-state index contributed by atoms with van der Waals surface area (Å²) in [5.74, 6) is 0.286. The first-order valence-electron chi connectivity index (χ1n) is 18.2. The van der Waals surface area contributed by atoms with Crippen molar-refractivity contribution in [2.75, 3.05) is 0 Å². The SMILES string of the molecule is CCCCc1ccc2c3c4[n+](ccc13)C(CC)(CC)C(C1C[n+]3ccc5ccccc5c3-c3ccccc31)c1ccc(F)c(c1-4)C2(C)C. The number of unbranched alkanes of at least 4 members (excludes halogenated alkanes) is 1. The Hall–Kier alpha value is -4.37. The minimum Gasteiger partial charge on any atom is -0.207 e. The molecular weight excluding hydrogens is 588 g/mol. The fourth-order valence-electron chi connectivity index (χ4n) is 10.4. The molecule has 0 saturated carbocycles. The highest BCUT2D eigenvalue weighted by atomic mass is 19.1. The quantitative estimate of drug-likeness (QED) is 0.161. The average Bonchev–Trinajstić information content (AvgIpc) is 3.11. The summed E-state index contributed by atoms with van der Waals surface area (Å²) < 4.78 is 21.7. The van der Waals surface area contributed by atoms with E-state index in [-0.39, 0.29) is 23.2 Å². The van der Waals surface area contributed by atoms with Gasteiger partial charge in [0.2, 0.25) is 11.4 Å². The molecule has 0 N–H and O–H groups in total. The minimum atomic E-state index is -0.461. The second-order valence-corrected chi connectivity index (χ2v) is 15.1. The Balaban J connectivity index is 1.37. The summed E-state index contributed by atoms with van der Waals surface area (Å²) in [4.78, 5) is 0. The Bertz CT molecular complexity index is 2290. The van der Waals surface area contributed by atoms with Gasteiger partial charge in [-0.1, -0.05) is 95.6 Å². The molecule has 2 unspecified atom stereocenters. The van der Waals surface area contributed by atoms with Crippen LogP contribution in [0.4, 0.5) is 4.39 Å². The van der Waals surface area contributed by atoms with E-state index in [0.29, 0.717) is 0 Å². The third-order valence-electron chi connectivity index (χ3n) is 12.7. The predicted octanol–water partition coefficient (Wildman–Crippen LogP) is 10.4. The lowest BCUT2D eigenvalue weighted by Gasteiger charge is -2.47. The normalized spacial score (nSPS) is 19.3. The van der Waals surface area contributed by atoms with Crippen LogP contribution in [0.25, 0.3) is 44.1 Å². The summed E-state index contributed by atoms with van der Waals surface area (Å²) in [6.07, 6.45) is 10.1. The maximum atomic E-state index is 16.5. The number of hydrogen-bond acceptors (Lipinski definition) is 0. The molecule has 48 heavy (non-hydrogen) atoms. The van der Waals surface area contributed by atoms with Gasteiger partial charge in [-0.3, -0.25) is 0 Å². The molecule has 0 radical (unpaired) electrons. The number of aromatic nitrogens is 2. The van der Waals surface area contributed by atoms with Crippen molar-refractivity contribution in [1.29, 1.82) is 0 Å². The van der Waals surface area contributed by atoms with Crippen molar-refractivity contribution in [3.05, 3.63) is 131 Å². The van der Waals surface area contributed by atoms with Crippen LogP contribution in [-0.2, 0) is 23.9 Å². The molecule has 1 aliphatic carbocycles. The van der Waals surface area contributed by atoms with Crippen molar-refractivity contribution in [2.45, 2.75) is 96.1 Å². The molecule has 2 aromatic heterocycles. The van der Waals surface area contributed by atoms with Crippen LogP contribution in [-0.4, -0.2) is 0 Å². The average molecular weight is 633 g/mol. The van der Waals surface area contributed by atoms with Crippen molar-refractivity contribution in [1.82, 2.24) is 0 Å². The molecule has 240 valence electrons. The molecule has 2 aliphatic heterocycles. The van der Waals surface area contributed by atoms with E-state index < -0.39 is 5.41 Å². The van der Waals surface area contributed by atoms with E-state index >= 15 is 4.39 Å². The van der Waals surface area contributed by atoms with Gasteiger partial charge in [-0.05, 0) is 64.1 Å². The van der Waals surface area contributed by atoms with Crippen molar-refractivity contribution in [3.63, 3.8) is 0 Å². The third-order valence-corrected chi connectivity index (χ3v) is 12.7. The lowest BCUT2D eigenvalue weighted by atomic mass is 9.58. The van der Waals surface area contributed by atoms with E-state index in [0.717, 1.165) is 36.9 Å². The Kier molecular flexibility index (Phi) is 6.55. The molecule has 2 atom stereocenters. The molecule has 9 rings (SSSR count). The Morgan fingerprint density at radius 3 is 2.38 bits per heavy atom. The highest BCUT2D eigenvalue weighted by molar-refractivity contribution is 6.03. The van der Waals surface area contributed by atoms with Gasteiger partial charge in [0.05, 0.1) is 33.7 Å². The molecular formula is C45H45FN2+2. The fourth-order valence-corrected chi connectivity index (χ4v) is 10.4. The second-order valence-electron chi connectivity index (χ2n) is 15.1. The Morgan fingerprint density at radius 2 is 1.56 bits per heavy atom. The third kappa shape index (κ3) is 3.74. The summed E-state index contributed by atoms with van der Waals surface area (Å²) in [6.45, 7) is 12.4. The van der Waals surface area contributed by atoms with Crippen LogP contribution in [0.3, 0.4) is 0 Å². The summed E-state index contributed by atoms with van der Waals surface area (Å²) in [7, 11) is 0. The van der Waals surface area contributed by atoms with Gasteiger partial charge in [-0.15, -0.1) is 0 Å². The first-order chi connectivity index (χ1) is 23.4. The van der Waals surface area contributed by atoms with E-state index in [1.54, 1.807) is 6.07 Å². The lowest BCUT2D eigenvalue weighted by Crippen LogP contribution is -2.64. The zero-order valence-electron chi connectivity index (χ0n) is 28.9. The van der Waals surface area contributed by atoms with Crippen molar-refractivity contribution >= 4 is 21.5 Å². The molecule has 3 heteroatoms. The molecule has 4 heterocycles. The largest absolute Gasteiger partial charge is 0.221 e. The van der Waals surface area contributed by atoms with Crippen molar-refractivity contribution in [3.8, 4) is 22.5 Å². The van der Waals surface area contributed by atoms with Gasteiger partial charge in [0, 0.05) is 36.0 Å². The topological polar surface area (TPSA) is 7.76 Å². The van der Waals surface area contributed by atoms with Crippen LogP contribution in [0, 0.1) is 5.82 Å². The first-order valence-corrected chi connectivity index (χ1v) is 18.2. The molecule has 0 saturated heterocycles. The zero-order chi connectivity index (χ0) is 32.9. The number of aryl methyl sites for hydroxylation is 1. The van der Waals surface area contributed by atoms with Gasteiger partial charge in [0.25, 0.3) is 0 Å². The van der Waals surface area contributed by atoms with Crippen LogP contribution in [0.15, 0.2) is 97.3 Å². The summed E-state index contributed by atoms with van der Waals surface area (Å²) in [5, 5.41) is 5.26. The molecule has 6 aromatic rings. The molecule has 0 fully saturated rings.